The average molecular weight is 380 g/mol. The molecule has 0 aliphatic heterocycles. The summed E-state index contributed by atoms with van der Waals surface area (Å²) in [7, 11) is 0. The molecule has 2 heterocycles. The summed E-state index contributed by atoms with van der Waals surface area (Å²) in [6.45, 7) is 2.11. The van der Waals surface area contributed by atoms with E-state index in [1.807, 2.05) is 34.9 Å². The lowest BCUT2D eigenvalue weighted by atomic mass is 10.1. The van der Waals surface area contributed by atoms with Gasteiger partial charge in [-0.05, 0) is 37.6 Å². The van der Waals surface area contributed by atoms with Crippen molar-refractivity contribution in [2.45, 2.75) is 31.9 Å². The molecule has 0 aliphatic rings. The standard InChI is InChI=1S/C21H24N4O3/c1-15(27)21-23-10-11-25(21)19(14-22)18-13-20(28-24-18)17-8-6-16(7-9-17)5-3-2-4-12-26/h6-11,13,15,19,26-27H,2,4,12,14,22H2,1H3. The molecule has 7 heteroatoms. The van der Waals surface area contributed by atoms with Gasteiger partial charge in [-0.2, -0.15) is 0 Å². The van der Waals surface area contributed by atoms with Crippen molar-refractivity contribution >= 4 is 0 Å². The fourth-order valence-electron chi connectivity index (χ4n) is 2.92. The van der Waals surface area contributed by atoms with Crippen LogP contribution in [0.25, 0.3) is 11.3 Å². The van der Waals surface area contributed by atoms with Crippen LogP contribution in [0.2, 0.25) is 0 Å². The Morgan fingerprint density at radius 2 is 2.07 bits per heavy atom. The van der Waals surface area contributed by atoms with Crippen LogP contribution in [0.4, 0.5) is 0 Å². The van der Waals surface area contributed by atoms with Crippen molar-refractivity contribution in [2.75, 3.05) is 13.2 Å². The Morgan fingerprint density at radius 3 is 2.75 bits per heavy atom. The topological polar surface area (TPSA) is 110 Å². The Labute approximate surface area is 163 Å². The molecular weight excluding hydrogens is 356 g/mol. The van der Waals surface area contributed by atoms with E-state index < -0.39 is 6.10 Å². The molecule has 0 bridgehead atoms. The van der Waals surface area contributed by atoms with Gasteiger partial charge in [-0.3, -0.25) is 0 Å². The van der Waals surface area contributed by atoms with Crippen LogP contribution in [0.15, 0.2) is 47.2 Å². The number of benzene rings is 1. The summed E-state index contributed by atoms with van der Waals surface area (Å²) in [5.74, 6) is 7.26. The number of rotatable bonds is 7. The van der Waals surface area contributed by atoms with Gasteiger partial charge in [0, 0.05) is 49.2 Å². The molecule has 0 spiro atoms. The second-order valence-corrected chi connectivity index (χ2v) is 6.44. The Kier molecular flexibility index (Phi) is 6.61. The molecule has 3 aromatic rings. The highest BCUT2D eigenvalue weighted by Crippen LogP contribution is 2.26. The highest BCUT2D eigenvalue weighted by atomic mass is 16.5. The number of hydrogen-bond acceptors (Lipinski definition) is 6. The maximum absolute atomic E-state index is 9.89. The molecule has 1 aromatic carbocycles. The quantitative estimate of drug-likeness (QED) is 0.428. The molecule has 0 radical (unpaired) electrons. The van der Waals surface area contributed by atoms with E-state index in [0.717, 1.165) is 11.1 Å². The van der Waals surface area contributed by atoms with Gasteiger partial charge < -0.3 is 25.0 Å². The number of imidazole rings is 1. The molecule has 2 atom stereocenters. The van der Waals surface area contributed by atoms with Crippen molar-refractivity contribution in [3.63, 3.8) is 0 Å². The van der Waals surface area contributed by atoms with E-state index in [-0.39, 0.29) is 12.6 Å². The van der Waals surface area contributed by atoms with E-state index in [1.54, 1.807) is 19.3 Å². The largest absolute Gasteiger partial charge is 0.396 e. The third-order valence-electron chi connectivity index (χ3n) is 4.36. The van der Waals surface area contributed by atoms with Gasteiger partial charge in [-0.25, -0.2) is 4.98 Å². The van der Waals surface area contributed by atoms with Crippen molar-refractivity contribution in [2.24, 2.45) is 5.73 Å². The molecule has 2 unspecified atom stereocenters. The fraction of sp³-hybridized carbons (Fsp3) is 0.333. The van der Waals surface area contributed by atoms with Crippen LogP contribution in [-0.4, -0.2) is 38.1 Å². The van der Waals surface area contributed by atoms with Gasteiger partial charge in [0.25, 0.3) is 0 Å². The summed E-state index contributed by atoms with van der Waals surface area (Å²) in [5, 5.41) is 22.8. The van der Waals surface area contributed by atoms with Gasteiger partial charge >= 0.3 is 0 Å². The molecule has 0 amide bonds. The van der Waals surface area contributed by atoms with Crippen molar-refractivity contribution in [3.05, 3.63) is 59.8 Å². The highest BCUT2D eigenvalue weighted by Gasteiger charge is 2.21. The monoisotopic (exact) mass is 380 g/mol. The van der Waals surface area contributed by atoms with E-state index in [1.165, 1.54) is 0 Å². The van der Waals surface area contributed by atoms with Crippen molar-refractivity contribution < 1.29 is 14.7 Å². The van der Waals surface area contributed by atoms with E-state index in [0.29, 0.717) is 36.7 Å². The van der Waals surface area contributed by atoms with Crippen LogP contribution in [0, 0.1) is 11.8 Å². The maximum atomic E-state index is 9.89. The summed E-state index contributed by atoms with van der Waals surface area (Å²) in [5.41, 5.74) is 8.42. The number of unbranched alkanes of at least 4 members (excludes halogenated alkanes) is 1. The molecule has 28 heavy (non-hydrogen) atoms. The summed E-state index contributed by atoms with van der Waals surface area (Å²) >= 11 is 0. The third-order valence-corrected chi connectivity index (χ3v) is 4.36. The first-order valence-electron chi connectivity index (χ1n) is 9.21. The molecule has 0 saturated carbocycles. The van der Waals surface area contributed by atoms with Gasteiger partial charge in [-0.1, -0.05) is 17.0 Å². The molecule has 4 N–H and O–H groups in total. The molecule has 0 saturated heterocycles. The van der Waals surface area contributed by atoms with Gasteiger partial charge in [0.05, 0.1) is 6.04 Å². The van der Waals surface area contributed by atoms with Crippen LogP contribution in [-0.2, 0) is 0 Å². The first-order chi connectivity index (χ1) is 13.6. The number of aromatic nitrogens is 3. The lowest BCUT2D eigenvalue weighted by molar-refractivity contribution is 0.182. The van der Waals surface area contributed by atoms with Gasteiger partial charge in [0.2, 0.25) is 0 Å². The molecule has 2 aromatic heterocycles. The van der Waals surface area contributed by atoms with Crippen LogP contribution < -0.4 is 5.73 Å². The summed E-state index contributed by atoms with van der Waals surface area (Å²) in [4.78, 5) is 4.19. The maximum Gasteiger partial charge on any atom is 0.167 e. The lowest BCUT2D eigenvalue weighted by Crippen LogP contribution is -2.22. The normalized spacial score (nSPS) is 13.0. The zero-order valence-electron chi connectivity index (χ0n) is 15.7. The Bertz CT molecular complexity index is 948. The summed E-state index contributed by atoms with van der Waals surface area (Å²) in [6, 6.07) is 9.27. The number of aliphatic hydroxyl groups excluding tert-OH is 2. The van der Waals surface area contributed by atoms with Crippen LogP contribution >= 0.6 is 0 Å². The van der Waals surface area contributed by atoms with E-state index in [4.69, 9.17) is 15.4 Å². The number of nitrogens with zero attached hydrogens (tertiary/aromatic N) is 3. The first kappa shape index (κ1) is 19.8. The van der Waals surface area contributed by atoms with E-state index >= 15 is 0 Å². The van der Waals surface area contributed by atoms with Crippen LogP contribution in [0.5, 0.6) is 0 Å². The predicted molar refractivity (Wildman–Crippen MR) is 105 cm³/mol. The van der Waals surface area contributed by atoms with E-state index in [9.17, 15) is 5.11 Å². The minimum Gasteiger partial charge on any atom is -0.396 e. The number of aliphatic hydroxyl groups is 2. The fourth-order valence-corrected chi connectivity index (χ4v) is 2.92. The van der Waals surface area contributed by atoms with Gasteiger partial charge in [0.15, 0.2) is 5.76 Å². The molecule has 0 fully saturated rings. The van der Waals surface area contributed by atoms with Crippen molar-refractivity contribution in [1.29, 1.82) is 0 Å². The molecule has 3 rings (SSSR count). The van der Waals surface area contributed by atoms with Crippen LogP contribution in [0.3, 0.4) is 0 Å². The minimum absolute atomic E-state index is 0.156. The van der Waals surface area contributed by atoms with Gasteiger partial charge in [0.1, 0.15) is 17.6 Å². The average Bonchev–Trinajstić information content (AvgIpc) is 3.37. The molecule has 146 valence electrons. The van der Waals surface area contributed by atoms with Crippen molar-refractivity contribution in [1.82, 2.24) is 14.7 Å². The Balaban J connectivity index is 1.79. The second kappa shape index (κ2) is 9.33. The Hall–Kier alpha value is -2.92. The zero-order valence-corrected chi connectivity index (χ0v) is 15.7. The third kappa shape index (κ3) is 4.49. The summed E-state index contributed by atoms with van der Waals surface area (Å²) in [6.07, 6.45) is 4.06. The van der Waals surface area contributed by atoms with Crippen LogP contribution in [0.1, 0.15) is 49.0 Å². The first-order valence-corrected chi connectivity index (χ1v) is 9.21. The zero-order chi connectivity index (χ0) is 19.9. The molecular formula is C21H24N4O3. The Morgan fingerprint density at radius 1 is 1.29 bits per heavy atom. The second-order valence-electron chi connectivity index (χ2n) is 6.44. The lowest BCUT2D eigenvalue weighted by Gasteiger charge is -2.17. The van der Waals surface area contributed by atoms with Gasteiger partial charge in [-0.15, -0.1) is 0 Å². The van der Waals surface area contributed by atoms with Crippen molar-refractivity contribution in [3.8, 4) is 23.2 Å². The SMILES string of the molecule is CC(O)c1nccn1C(CN)c1cc(-c2ccc(C#CCCCO)cc2)on1. The smallest absolute Gasteiger partial charge is 0.167 e. The summed E-state index contributed by atoms with van der Waals surface area (Å²) < 4.78 is 7.34. The molecule has 7 nitrogen and oxygen atoms in total. The predicted octanol–water partition coefficient (Wildman–Crippen LogP) is 2.26. The number of nitrogens with two attached hydrogens (primary N) is 1. The highest BCUT2D eigenvalue weighted by molar-refractivity contribution is 5.59. The minimum atomic E-state index is -0.707. The molecule has 0 aliphatic carbocycles. The van der Waals surface area contributed by atoms with E-state index in [2.05, 4.69) is 22.0 Å². The number of hydrogen-bond donors (Lipinski definition) is 3.